The lowest BCUT2D eigenvalue weighted by molar-refractivity contribution is 0.575. The Bertz CT molecular complexity index is 834. The largest absolute Gasteiger partial charge is 0.351 e. The molecule has 1 aromatic carbocycles. The number of thiocarbonyl (C=S) groups is 1. The molecule has 3 aromatic rings. The summed E-state index contributed by atoms with van der Waals surface area (Å²) in [7, 11) is 0. The molecule has 2 atom stereocenters. The van der Waals surface area contributed by atoms with Crippen molar-refractivity contribution < 1.29 is 0 Å². The summed E-state index contributed by atoms with van der Waals surface area (Å²) >= 11 is 10.9. The molecule has 1 N–H and O–H groups in total. The molecule has 0 unspecified atom stereocenters. The van der Waals surface area contributed by atoms with Gasteiger partial charge in [0.05, 0.1) is 17.8 Å². The van der Waals surface area contributed by atoms with Gasteiger partial charge in [-0.05, 0) is 60.1 Å². The van der Waals surface area contributed by atoms with Gasteiger partial charge in [-0.25, -0.2) is 0 Å². The van der Waals surface area contributed by atoms with Crippen molar-refractivity contribution in [1.82, 2.24) is 10.3 Å². The lowest BCUT2D eigenvalue weighted by Crippen LogP contribution is -2.28. The Kier molecular flexibility index (Phi) is 4.35. The minimum atomic E-state index is 0.0287. The number of nitrogens with zero attached hydrogens (tertiary/aromatic N) is 2. The number of halogens is 1. The summed E-state index contributed by atoms with van der Waals surface area (Å²) in [6.07, 6.45) is 1.83. The zero-order chi connectivity index (χ0) is 16.5. The Hall–Kier alpha value is -1.76. The summed E-state index contributed by atoms with van der Waals surface area (Å²) in [6.45, 7) is 0. The molecule has 24 heavy (non-hydrogen) atoms. The average molecular weight is 416 g/mol. The molecule has 0 saturated carbocycles. The van der Waals surface area contributed by atoms with Crippen LogP contribution >= 0.6 is 39.5 Å². The molecule has 0 spiro atoms. The monoisotopic (exact) mass is 415 g/mol. The van der Waals surface area contributed by atoms with Crippen LogP contribution in [0.2, 0.25) is 0 Å². The van der Waals surface area contributed by atoms with E-state index in [1.807, 2.05) is 36.5 Å². The predicted octanol–water partition coefficient (Wildman–Crippen LogP) is 5.08. The van der Waals surface area contributed by atoms with Gasteiger partial charge < -0.3 is 10.2 Å². The van der Waals surface area contributed by atoms with E-state index in [1.54, 1.807) is 11.3 Å². The fourth-order valence-electron chi connectivity index (χ4n) is 2.98. The first kappa shape index (κ1) is 15.7. The van der Waals surface area contributed by atoms with Gasteiger partial charge in [-0.3, -0.25) is 4.98 Å². The SMILES string of the molecule is S=C1N[C@H](c2ccccn2)[C@H](c2cccs2)N1c1ccc(Br)cc1. The summed E-state index contributed by atoms with van der Waals surface area (Å²) in [4.78, 5) is 8.00. The molecule has 3 nitrogen and oxygen atoms in total. The molecule has 0 radical (unpaired) electrons. The van der Waals surface area contributed by atoms with E-state index in [0.29, 0.717) is 0 Å². The number of hydrogen-bond donors (Lipinski definition) is 1. The van der Waals surface area contributed by atoms with Gasteiger partial charge >= 0.3 is 0 Å². The molecule has 6 heteroatoms. The summed E-state index contributed by atoms with van der Waals surface area (Å²) in [6, 6.07) is 18.6. The second-order valence-corrected chi connectivity index (χ2v) is 7.77. The van der Waals surface area contributed by atoms with Crippen LogP contribution in [-0.2, 0) is 0 Å². The van der Waals surface area contributed by atoms with E-state index in [-0.39, 0.29) is 12.1 Å². The third kappa shape index (κ3) is 2.85. The van der Waals surface area contributed by atoms with Crippen LogP contribution in [0, 0.1) is 0 Å². The minimum absolute atomic E-state index is 0.0287. The van der Waals surface area contributed by atoms with Crippen LogP contribution in [0.3, 0.4) is 0 Å². The van der Waals surface area contributed by atoms with Gasteiger partial charge in [0, 0.05) is 21.2 Å². The Balaban J connectivity index is 1.80. The highest BCUT2D eigenvalue weighted by molar-refractivity contribution is 9.10. The highest BCUT2D eigenvalue weighted by Gasteiger charge is 2.41. The zero-order valence-electron chi connectivity index (χ0n) is 12.6. The maximum Gasteiger partial charge on any atom is 0.174 e. The van der Waals surface area contributed by atoms with Crippen LogP contribution in [0.1, 0.15) is 22.7 Å². The molecule has 0 bridgehead atoms. The number of anilines is 1. The van der Waals surface area contributed by atoms with Crippen molar-refractivity contribution in [3.05, 3.63) is 81.2 Å². The van der Waals surface area contributed by atoms with Gasteiger partial charge in [-0.15, -0.1) is 11.3 Å². The van der Waals surface area contributed by atoms with Gasteiger partial charge in [-0.1, -0.05) is 28.1 Å². The lowest BCUT2D eigenvalue weighted by atomic mass is 10.0. The number of pyridine rings is 1. The molecule has 1 fully saturated rings. The predicted molar refractivity (Wildman–Crippen MR) is 106 cm³/mol. The molecule has 120 valence electrons. The van der Waals surface area contributed by atoms with Gasteiger partial charge in [0.2, 0.25) is 0 Å². The second-order valence-electron chi connectivity index (χ2n) is 5.49. The van der Waals surface area contributed by atoms with Crippen LogP contribution in [0.25, 0.3) is 0 Å². The van der Waals surface area contributed by atoms with Gasteiger partial charge in [0.1, 0.15) is 0 Å². The van der Waals surface area contributed by atoms with Crippen molar-refractivity contribution in [3.8, 4) is 0 Å². The van der Waals surface area contributed by atoms with Crippen molar-refractivity contribution in [2.75, 3.05) is 4.90 Å². The standard InChI is InChI=1S/C18H14BrN3S2/c19-12-6-8-13(9-7-12)22-17(15-5-3-11-24-15)16(21-18(22)23)14-4-1-2-10-20-14/h1-11,16-17H,(H,21,23)/t16-,17+/m1/s1. The molecule has 1 saturated heterocycles. The van der Waals surface area contributed by atoms with Crippen LogP contribution in [-0.4, -0.2) is 10.1 Å². The topological polar surface area (TPSA) is 28.2 Å². The van der Waals surface area contributed by atoms with E-state index >= 15 is 0 Å². The number of benzene rings is 1. The normalized spacial score (nSPS) is 20.2. The highest BCUT2D eigenvalue weighted by atomic mass is 79.9. The van der Waals surface area contributed by atoms with E-state index in [4.69, 9.17) is 12.2 Å². The molecule has 0 aliphatic carbocycles. The summed E-state index contributed by atoms with van der Waals surface area (Å²) in [5.74, 6) is 0. The molecule has 2 aromatic heterocycles. The number of hydrogen-bond acceptors (Lipinski definition) is 3. The Labute approximate surface area is 158 Å². The van der Waals surface area contributed by atoms with Crippen molar-refractivity contribution >= 4 is 50.3 Å². The maximum absolute atomic E-state index is 5.66. The Morgan fingerprint density at radius 3 is 2.58 bits per heavy atom. The van der Waals surface area contributed by atoms with Crippen molar-refractivity contribution in [2.24, 2.45) is 0 Å². The first-order chi connectivity index (χ1) is 11.7. The first-order valence-corrected chi connectivity index (χ1v) is 9.62. The summed E-state index contributed by atoms with van der Waals surface area (Å²) in [5, 5.41) is 6.29. The fraction of sp³-hybridized carbons (Fsp3) is 0.111. The Morgan fingerprint density at radius 1 is 1.08 bits per heavy atom. The summed E-state index contributed by atoms with van der Waals surface area (Å²) < 4.78 is 1.05. The van der Waals surface area contributed by atoms with Crippen molar-refractivity contribution in [1.29, 1.82) is 0 Å². The minimum Gasteiger partial charge on any atom is -0.351 e. The first-order valence-electron chi connectivity index (χ1n) is 7.53. The van der Waals surface area contributed by atoms with E-state index < -0.39 is 0 Å². The van der Waals surface area contributed by atoms with E-state index in [0.717, 1.165) is 21.0 Å². The molecule has 0 amide bonds. The average Bonchev–Trinajstić information content (AvgIpc) is 3.24. The number of nitrogens with one attached hydrogen (secondary N) is 1. The molecule has 3 heterocycles. The quantitative estimate of drug-likeness (QED) is 0.603. The van der Waals surface area contributed by atoms with Crippen LogP contribution in [0.4, 0.5) is 5.69 Å². The lowest BCUT2D eigenvalue weighted by Gasteiger charge is -2.26. The molecular weight excluding hydrogens is 402 g/mol. The van der Waals surface area contributed by atoms with Crippen LogP contribution in [0.5, 0.6) is 0 Å². The van der Waals surface area contributed by atoms with Gasteiger partial charge in [-0.2, -0.15) is 0 Å². The van der Waals surface area contributed by atoms with Crippen LogP contribution < -0.4 is 10.2 Å². The van der Waals surface area contributed by atoms with E-state index in [1.165, 1.54) is 4.88 Å². The molecule has 4 rings (SSSR count). The van der Waals surface area contributed by atoms with Crippen molar-refractivity contribution in [2.45, 2.75) is 12.1 Å². The fourth-order valence-corrected chi connectivity index (χ4v) is 4.45. The molecule has 1 aliphatic rings. The van der Waals surface area contributed by atoms with Crippen LogP contribution in [0.15, 0.2) is 70.6 Å². The summed E-state index contributed by atoms with van der Waals surface area (Å²) in [5.41, 5.74) is 2.07. The third-order valence-corrected chi connectivity index (χ3v) is 5.82. The van der Waals surface area contributed by atoms with Gasteiger partial charge in [0.25, 0.3) is 0 Å². The third-order valence-electron chi connectivity index (χ3n) is 4.04. The maximum atomic E-state index is 5.66. The number of thiophene rings is 1. The molecular formula is C18H14BrN3S2. The van der Waals surface area contributed by atoms with Gasteiger partial charge in [0.15, 0.2) is 5.11 Å². The molecule has 1 aliphatic heterocycles. The highest BCUT2D eigenvalue weighted by Crippen LogP contribution is 2.42. The number of aromatic nitrogens is 1. The van der Waals surface area contributed by atoms with E-state index in [2.05, 4.69) is 60.8 Å². The smallest absolute Gasteiger partial charge is 0.174 e. The number of rotatable bonds is 3. The second kappa shape index (κ2) is 6.63. The van der Waals surface area contributed by atoms with Crippen molar-refractivity contribution in [3.63, 3.8) is 0 Å². The Morgan fingerprint density at radius 2 is 1.92 bits per heavy atom. The van der Waals surface area contributed by atoms with E-state index in [9.17, 15) is 0 Å². The zero-order valence-corrected chi connectivity index (χ0v) is 15.8.